The number of aromatic nitrogens is 1. The summed E-state index contributed by atoms with van der Waals surface area (Å²) >= 11 is 11.7. The van der Waals surface area contributed by atoms with Crippen molar-refractivity contribution in [3.8, 4) is 0 Å². The normalized spacial score (nSPS) is 15.9. The predicted octanol–water partition coefficient (Wildman–Crippen LogP) is 2.66. The molecule has 1 unspecified atom stereocenters. The molecule has 10 nitrogen and oxygen atoms in total. The Hall–Kier alpha value is -2.83. The van der Waals surface area contributed by atoms with Crippen LogP contribution in [0.4, 0.5) is 15.3 Å². The minimum absolute atomic E-state index is 0.00234. The molecule has 4 amide bonds. The molecule has 2 heterocycles. The number of benzene rings is 1. The van der Waals surface area contributed by atoms with Gasteiger partial charge in [0.1, 0.15) is 16.3 Å². The van der Waals surface area contributed by atoms with Gasteiger partial charge < -0.3 is 5.32 Å². The number of hydrogen-bond acceptors (Lipinski definition) is 6. The fourth-order valence-electron chi connectivity index (χ4n) is 3.25. The number of aryl methyl sites for hydroxylation is 1. The van der Waals surface area contributed by atoms with E-state index in [2.05, 4.69) is 10.3 Å². The lowest BCUT2D eigenvalue weighted by atomic mass is 10.1. The average Bonchev–Trinajstić information content (AvgIpc) is 3.18. The van der Waals surface area contributed by atoms with E-state index < -0.39 is 33.8 Å². The Morgan fingerprint density at radius 2 is 1.73 bits per heavy atom. The van der Waals surface area contributed by atoms with Crippen molar-refractivity contribution in [1.82, 2.24) is 19.3 Å². The van der Waals surface area contributed by atoms with Crippen molar-refractivity contribution in [2.24, 2.45) is 0 Å². The van der Waals surface area contributed by atoms with Gasteiger partial charge in [0.2, 0.25) is 7.85 Å². The first-order valence-corrected chi connectivity index (χ1v) is 11.7. The van der Waals surface area contributed by atoms with Gasteiger partial charge in [0.15, 0.2) is 5.81 Å². The fourth-order valence-corrected chi connectivity index (χ4v) is 4.87. The van der Waals surface area contributed by atoms with Crippen molar-refractivity contribution >= 4 is 64.5 Å². The summed E-state index contributed by atoms with van der Waals surface area (Å²) in [6.45, 7) is 1.72. The average molecular weight is 510 g/mol. The molecule has 2 aromatic rings. The molecule has 1 aliphatic rings. The second-order valence-electron chi connectivity index (χ2n) is 7.17. The van der Waals surface area contributed by atoms with E-state index >= 15 is 0 Å². The van der Waals surface area contributed by atoms with E-state index in [1.165, 1.54) is 24.3 Å². The van der Waals surface area contributed by atoms with E-state index in [4.69, 9.17) is 31.0 Å². The quantitative estimate of drug-likeness (QED) is 0.499. The summed E-state index contributed by atoms with van der Waals surface area (Å²) in [5.41, 5.74) is 0.989. The van der Waals surface area contributed by atoms with Crippen LogP contribution in [0.25, 0.3) is 0 Å². The smallest absolute Gasteiger partial charge is 0.306 e. The molecule has 33 heavy (non-hydrogen) atoms. The van der Waals surface area contributed by atoms with Crippen LogP contribution in [0.3, 0.4) is 0 Å². The number of carbonyl (C=O) groups excluding carboxylic acids is 3. The number of urea groups is 1. The number of nitrogens with zero attached hydrogens (tertiary/aromatic N) is 4. The number of likely N-dealkylation sites (N-methyl/N-ethyl adjacent to an activating group) is 1. The predicted molar refractivity (Wildman–Crippen MR) is 123 cm³/mol. The van der Waals surface area contributed by atoms with Gasteiger partial charge in [-0.1, -0.05) is 40.9 Å². The lowest BCUT2D eigenvalue weighted by molar-refractivity contribution is -0.131. The third kappa shape index (κ3) is 5.23. The highest BCUT2D eigenvalue weighted by Gasteiger charge is 2.44. The van der Waals surface area contributed by atoms with Crippen molar-refractivity contribution in [3.05, 3.63) is 52.3 Å². The fraction of sp³-hybridized carbons (Fsp3) is 0.263. The van der Waals surface area contributed by atoms with Crippen LogP contribution in [0.2, 0.25) is 10.3 Å². The van der Waals surface area contributed by atoms with Gasteiger partial charge >= 0.3 is 6.03 Å². The van der Waals surface area contributed by atoms with Gasteiger partial charge in [-0.05, 0) is 37.6 Å². The molecule has 2 radical (unpaired) electrons. The molecule has 1 fully saturated rings. The number of anilines is 1. The van der Waals surface area contributed by atoms with E-state index in [1.54, 1.807) is 19.1 Å². The number of carbonyl (C=O) groups is 3. The number of halogens is 2. The van der Waals surface area contributed by atoms with Gasteiger partial charge in [0.05, 0.1) is 4.90 Å². The molecule has 3 rings (SSSR count). The van der Waals surface area contributed by atoms with E-state index in [1.807, 2.05) is 0 Å². The van der Waals surface area contributed by atoms with Crippen LogP contribution >= 0.6 is 23.2 Å². The standard InChI is InChI=1S/C19H18BCl2N5O5S/c1-11-3-5-13(6-4-11)33(31,32)25(2)17(28)14-7-8-26(18(20)29)27(14)19(30)23-12-9-15(21)24-16(22)10-12/h3-6,9-10,14H,7-8H2,1-2H3,(H,23,24,30). The highest BCUT2D eigenvalue weighted by atomic mass is 35.5. The van der Waals surface area contributed by atoms with Crippen molar-refractivity contribution in [2.45, 2.75) is 24.3 Å². The molecular weight excluding hydrogens is 492 g/mol. The Bertz CT molecular complexity index is 1190. The topological polar surface area (TPSA) is 120 Å². The van der Waals surface area contributed by atoms with E-state index in [-0.39, 0.29) is 33.9 Å². The number of nitrogens with one attached hydrogen (secondary N) is 1. The summed E-state index contributed by atoms with van der Waals surface area (Å²) in [6.07, 6.45) is -0.0270. The first kappa shape index (κ1) is 24.8. The highest BCUT2D eigenvalue weighted by molar-refractivity contribution is 7.89. The minimum atomic E-state index is -4.20. The maximum Gasteiger partial charge on any atom is 0.341 e. The Labute approximate surface area is 201 Å². The van der Waals surface area contributed by atoms with Gasteiger partial charge in [0.25, 0.3) is 15.9 Å². The van der Waals surface area contributed by atoms with Gasteiger partial charge in [-0.25, -0.2) is 27.5 Å². The first-order chi connectivity index (χ1) is 15.4. The van der Waals surface area contributed by atoms with Crippen LogP contribution < -0.4 is 5.32 Å². The molecule has 1 saturated heterocycles. The van der Waals surface area contributed by atoms with Gasteiger partial charge in [-0.3, -0.25) is 14.6 Å². The molecule has 14 heteroatoms. The lowest BCUT2D eigenvalue weighted by Gasteiger charge is -2.32. The molecule has 172 valence electrons. The molecule has 1 aromatic heterocycles. The largest absolute Gasteiger partial charge is 0.341 e. The second kappa shape index (κ2) is 9.58. The summed E-state index contributed by atoms with van der Waals surface area (Å²) in [6, 6.07) is 6.34. The van der Waals surface area contributed by atoms with Crippen LogP contribution in [0.15, 0.2) is 41.3 Å². The van der Waals surface area contributed by atoms with Crippen molar-refractivity contribution in [2.75, 3.05) is 18.9 Å². The Morgan fingerprint density at radius 1 is 1.15 bits per heavy atom. The van der Waals surface area contributed by atoms with Gasteiger partial charge in [-0.2, -0.15) is 0 Å². The maximum atomic E-state index is 13.2. The zero-order valence-corrected chi connectivity index (χ0v) is 19.9. The Balaban J connectivity index is 1.89. The molecule has 0 bridgehead atoms. The van der Waals surface area contributed by atoms with Crippen LogP contribution in [0.1, 0.15) is 12.0 Å². The lowest BCUT2D eigenvalue weighted by Crippen LogP contribution is -2.55. The van der Waals surface area contributed by atoms with Crippen molar-refractivity contribution in [1.29, 1.82) is 0 Å². The minimum Gasteiger partial charge on any atom is -0.306 e. The number of amides is 4. The summed E-state index contributed by atoms with van der Waals surface area (Å²) in [4.78, 5) is 41.7. The van der Waals surface area contributed by atoms with Crippen LogP contribution in [-0.4, -0.2) is 73.0 Å². The molecular formula is C19H18BCl2N5O5S. The first-order valence-electron chi connectivity index (χ1n) is 9.51. The number of pyridine rings is 1. The molecule has 1 N–H and O–H groups in total. The van der Waals surface area contributed by atoms with E-state index in [0.717, 1.165) is 22.6 Å². The van der Waals surface area contributed by atoms with E-state index in [0.29, 0.717) is 4.31 Å². The molecule has 0 spiro atoms. The van der Waals surface area contributed by atoms with E-state index in [9.17, 15) is 22.8 Å². The monoisotopic (exact) mass is 509 g/mol. The Kier molecular flexibility index (Phi) is 7.20. The number of sulfonamides is 1. The highest BCUT2D eigenvalue weighted by Crippen LogP contribution is 2.26. The summed E-state index contributed by atoms with van der Waals surface area (Å²) in [5.74, 6) is -1.91. The van der Waals surface area contributed by atoms with Crippen molar-refractivity contribution < 1.29 is 22.8 Å². The molecule has 0 saturated carbocycles. The van der Waals surface area contributed by atoms with Crippen molar-refractivity contribution in [3.63, 3.8) is 0 Å². The molecule has 0 aliphatic carbocycles. The second-order valence-corrected chi connectivity index (χ2v) is 9.91. The maximum absolute atomic E-state index is 13.2. The molecule has 1 atom stereocenters. The number of hydrazine groups is 1. The third-order valence-corrected chi connectivity index (χ3v) is 7.08. The molecule has 1 aromatic carbocycles. The summed E-state index contributed by atoms with van der Waals surface area (Å²) in [5, 5.41) is 4.11. The third-order valence-electron chi connectivity index (χ3n) is 4.92. The number of rotatable bonds is 4. The summed E-state index contributed by atoms with van der Waals surface area (Å²) < 4.78 is 26.4. The van der Waals surface area contributed by atoms with Gasteiger partial charge in [0, 0.05) is 19.3 Å². The van der Waals surface area contributed by atoms with Crippen LogP contribution in [0.5, 0.6) is 0 Å². The zero-order chi connectivity index (χ0) is 24.5. The zero-order valence-electron chi connectivity index (χ0n) is 17.5. The van der Waals surface area contributed by atoms with Gasteiger partial charge in [-0.15, -0.1) is 0 Å². The Morgan fingerprint density at radius 3 is 2.27 bits per heavy atom. The SMILES string of the molecule is [B]C(=O)N1CCC(C(=O)N(C)S(=O)(=O)c2ccc(C)cc2)N1C(=O)Nc1cc(Cl)nc(Cl)c1. The number of hydrogen-bond donors (Lipinski definition) is 1. The van der Waals surface area contributed by atoms with Crippen LogP contribution in [0, 0.1) is 6.92 Å². The molecule has 1 aliphatic heterocycles. The van der Waals surface area contributed by atoms with Crippen LogP contribution in [-0.2, 0) is 14.8 Å². The summed E-state index contributed by atoms with van der Waals surface area (Å²) in [7, 11) is 2.25.